The highest BCUT2D eigenvalue weighted by atomic mass is 32.2. The van der Waals surface area contributed by atoms with Crippen LogP contribution >= 0.6 is 0 Å². The Balaban J connectivity index is 1.96. The number of rotatable bonds is 4. The molecule has 0 fully saturated rings. The predicted octanol–water partition coefficient (Wildman–Crippen LogP) is 1.99. The molecule has 3 rings (SSSR count). The second-order valence-corrected chi connectivity index (χ2v) is 7.39. The minimum Gasteiger partial charge on any atom is -0.318 e. The van der Waals surface area contributed by atoms with Crippen LogP contribution in [0.25, 0.3) is 0 Å². The number of aryl methyl sites for hydroxylation is 3. The molecule has 0 saturated carbocycles. The highest BCUT2D eigenvalue weighted by Crippen LogP contribution is 2.24. The molecule has 1 N–H and O–H groups in total. The summed E-state index contributed by atoms with van der Waals surface area (Å²) in [6.07, 6.45) is 5.43. The number of hydrogen-bond donors (Lipinski definition) is 1. The highest BCUT2D eigenvalue weighted by Gasteiger charge is 2.23. The first-order valence-corrected chi connectivity index (χ1v) is 9.32. The molecule has 0 aliphatic heterocycles. The van der Waals surface area contributed by atoms with Crippen LogP contribution in [-0.2, 0) is 29.4 Å². The van der Waals surface area contributed by atoms with Gasteiger partial charge in [-0.05, 0) is 52.0 Å². The van der Waals surface area contributed by atoms with Gasteiger partial charge < -0.3 is 4.57 Å². The zero-order valence-electron chi connectivity index (χ0n) is 13.6. The summed E-state index contributed by atoms with van der Waals surface area (Å²) in [7, 11) is -3.75. The molecule has 0 aromatic carbocycles. The maximum absolute atomic E-state index is 12.6. The topological polar surface area (TPSA) is 89.8 Å². The van der Waals surface area contributed by atoms with Gasteiger partial charge in [-0.3, -0.25) is 0 Å². The van der Waals surface area contributed by atoms with E-state index in [0.717, 1.165) is 42.6 Å². The summed E-state index contributed by atoms with van der Waals surface area (Å²) in [6, 6.07) is 0. The first-order chi connectivity index (χ1) is 10.9. The maximum Gasteiger partial charge on any atom is 0.281 e. The van der Waals surface area contributed by atoms with E-state index < -0.39 is 10.0 Å². The molecular weight excluding hydrogens is 314 g/mol. The summed E-state index contributed by atoms with van der Waals surface area (Å²) in [5.41, 5.74) is 2.97. The van der Waals surface area contributed by atoms with Crippen LogP contribution in [0.2, 0.25) is 0 Å². The smallest absolute Gasteiger partial charge is 0.281 e. The van der Waals surface area contributed by atoms with Crippen molar-refractivity contribution in [3.8, 4) is 0 Å². The van der Waals surface area contributed by atoms with Crippen molar-refractivity contribution in [2.24, 2.45) is 0 Å². The summed E-state index contributed by atoms with van der Waals surface area (Å²) in [4.78, 5) is 12.8. The number of fused-ring (bicyclic) bond motifs is 1. The van der Waals surface area contributed by atoms with Gasteiger partial charge >= 0.3 is 0 Å². The summed E-state index contributed by atoms with van der Waals surface area (Å²) >= 11 is 0. The molecular formula is C15H21N5O2S. The van der Waals surface area contributed by atoms with E-state index in [1.807, 2.05) is 13.8 Å². The van der Waals surface area contributed by atoms with E-state index in [1.54, 1.807) is 11.5 Å². The Labute approximate surface area is 136 Å². The zero-order chi connectivity index (χ0) is 16.6. The van der Waals surface area contributed by atoms with Crippen molar-refractivity contribution in [2.45, 2.75) is 58.0 Å². The van der Waals surface area contributed by atoms with Crippen LogP contribution in [-0.4, -0.2) is 27.9 Å². The summed E-state index contributed by atoms with van der Waals surface area (Å²) < 4.78 is 29.4. The molecule has 2 aromatic heterocycles. The first-order valence-electron chi connectivity index (χ1n) is 7.83. The molecule has 124 valence electrons. The lowest BCUT2D eigenvalue weighted by Crippen LogP contribution is -2.21. The van der Waals surface area contributed by atoms with Gasteiger partial charge in [0.25, 0.3) is 10.0 Å². The Morgan fingerprint density at radius 1 is 1.22 bits per heavy atom. The monoisotopic (exact) mass is 335 g/mol. The third kappa shape index (κ3) is 2.95. The normalized spacial score (nSPS) is 14.6. The van der Waals surface area contributed by atoms with Gasteiger partial charge in [0, 0.05) is 17.9 Å². The van der Waals surface area contributed by atoms with E-state index in [2.05, 4.69) is 19.7 Å². The molecule has 23 heavy (non-hydrogen) atoms. The maximum atomic E-state index is 12.6. The lowest BCUT2D eigenvalue weighted by atomic mass is 9.95. The zero-order valence-corrected chi connectivity index (χ0v) is 14.4. The lowest BCUT2D eigenvalue weighted by molar-refractivity contribution is 0.579. The van der Waals surface area contributed by atoms with Gasteiger partial charge in [-0.1, -0.05) is 0 Å². The number of anilines is 1. The van der Waals surface area contributed by atoms with Gasteiger partial charge in [-0.25, -0.2) is 19.7 Å². The van der Waals surface area contributed by atoms with Crippen molar-refractivity contribution in [3.63, 3.8) is 0 Å². The largest absolute Gasteiger partial charge is 0.318 e. The third-order valence-electron chi connectivity index (χ3n) is 4.23. The molecule has 7 nitrogen and oxygen atoms in total. The Kier molecular flexibility index (Phi) is 4.09. The number of nitrogens with zero attached hydrogens (tertiary/aromatic N) is 4. The van der Waals surface area contributed by atoms with Gasteiger partial charge in [-0.15, -0.1) is 0 Å². The van der Waals surface area contributed by atoms with E-state index >= 15 is 0 Å². The number of sulfonamides is 1. The van der Waals surface area contributed by atoms with Crippen LogP contribution < -0.4 is 4.72 Å². The predicted molar refractivity (Wildman–Crippen MR) is 86.9 cm³/mol. The van der Waals surface area contributed by atoms with Gasteiger partial charge in [0.1, 0.15) is 5.82 Å². The molecule has 0 radical (unpaired) electrons. The average molecular weight is 335 g/mol. The quantitative estimate of drug-likeness (QED) is 0.923. The average Bonchev–Trinajstić information content (AvgIpc) is 2.88. The van der Waals surface area contributed by atoms with Crippen LogP contribution in [0.1, 0.15) is 42.5 Å². The van der Waals surface area contributed by atoms with Crippen molar-refractivity contribution >= 4 is 16.0 Å². The van der Waals surface area contributed by atoms with Crippen LogP contribution in [0.4, 0.5) is 5.95 Å². The van der Waals surface area contributed by atoms with E-state index in [1.165, 1.54) is 6.20 Å². The second kappa shape index (κ2) is 5.92. The van der Waals surface area contributed by atoms with Gasteiger partial charge in [0.15, 0.2) is 5.03 Å². The fraction of sp³-hybridized carbons (Fsp3) is 0.533. The molecule has 0 amide bonds. The molecule has 8 heteroatoms. The van der Waals surface area contributed by atoms with Crippen LogP contribution in [0.3, 0.4) is 0 Å². The summed E-state index contributed by atoms with van der Waals surface area (Å²) in [5, 5.41) is 0.136. The summed E-state index contributed by atoms with van der Waals surface area (Å²) in [5.74, 6) is 0.806. The number of imidazole rings is 1. The van der Waals surface area contributed by atoms with Gasteiger partial charge in [-0.2, -0.15) is 8.42 Å². The number of nitrogens with one attached hydrogen (secondary N) is 1. The molecule has 2 heterocycles. The van der Waals surface area contributed by atoms with E-state index in [4.69, 9.17) is 0 Å². The highest BCUT2D eigenvalue weighted by molar-refractivity contribution is 7.92. The number of aromatic nitrogens is 4. The first kappa shape index (κ1) is 15.9. The minimum absolute atomic E-state index is 0.136. The van der Waals surface area contributed by atoms with Crippen LogP contribution in [0, 0.1) is 13.8 Å². The fourth-order valence-corrected chi connectivity index (χ4v) is 4.23. The number of hydrogen-bond acceptors (Lipinski definition) is 5. The molecule has 1 aliphatic rings. The van der Waals surface area contributed by atoms with Gasteiger partial charge in [0.05, 0.1) is 6.20 Å². The standard InChI is InChI=1S/C15H21N5O2S/c1-4-20-11(3)16-9-14(20)23(21,22)19-15-17-10(2)12-7-5-6-8-13(12)18-15/h9H,4-8H2,1-3H3,(H,17,18,19). The molecule has 0 saturated heterocycles. The van der Waals surface area contributed by atoms with E-state index in [0.29, 0.717) is 12.4 Å². The molecule has 2 aromatic rings. The van der Waals surface area contributed by atoms with Crippen LogP contribution in [0.15, 0.2) is 11.2 Å². The fourth-order valence-electron chi connectivity index (χ4n) is 3.05. The van der Waals surface area contributed by atoms with Crippen molar-refractivity contribution in [1.29, 1.82) is 0 Å². The Morgan fingerprint density at radius 3 is 2.70 bits per heavy atom. The molecule has 0 bridgehead atoms. The lowest BCUT2D eigenvalue weighted by Gasteiger charge is -2.18. The van der Waals surface area contributed by atoms with Crippen molar-refractivity contribution in [3.05, 3.63) is 29.0 Å². The third-order valence-corrected chi connectivity index (χ3v) is 5.55. The van der Waals surface area contributed by atoms with E-state index in [9.17, 15) is 8.42 Å². The molecule has 0 atom stereocenters. The van der Waals surface area contributed by atoms with Gasteiger partial charge in [0.2, 0.25) is 5.95 Å². The minimum atomic E-state index is -3.75. The molecule has 0 spiro atoms. The molecule has 1 aliphatic carbocycles. The summed E-state index contributed by atoms with van der Waals surface area (Å²) in [6.45, 7) is 6.10. The van der Waals surface area contributed by atoms with Crippen molar-refractivity contribution in [1.82, 2.24) is 19.5 Å². The Morgan fingerprint density at radius 2 is 1.96 bits per heavy atom. The Hall–Kier alpha value is -1.96. The van der Waals surface area contributed by atoms with E-state index in [-0.39, 0.29) is 11.0 Å². The van der Waals surface area contributed by atoms with Crippen LogP contribution in [0.5, 0.6) is 0 Å². The molecule has 0 unspecified atom stereocenters. The van der Waals surface area contributed by atoms with Crippen molar-refractivity contribution in [2.75, 3.05) is 4.72 Å². The Bertz CT molecular complexity index is 842. The second-order valence-electron chi connectivity index (χ2n) is 5.76. The SMILES string of the molecule is CCn1c(S(=O)(=O)Nc2nc(C)c3c(n2)CCCC3)cnc1C. The van der Waals surface area contributed by atoms with Crippen molar-refractivity contribution < 1.29 is 8.42 Å².